The van der Waals surface area contributed by atoms with Gasteiger partial charge in [0.05, 0.1) is 25.9 Å². The topological polar surface area (TPSA) is 46.1 Å². The molecular weight excluding hydrogens is 242 g/mol. The van der Waals surface area contributed by atoms with Crippen molar-refractivity contribution >= 4 is 11.6 Å². The molecule has 19 heavy (non-hydrogen) atoms. The quantitative estimate of drug-likeness (QED) is 0.887. The van der Waals surface area contributed by atoms with Crippen LogP contribution in [0.5, 0.6) is 11.5 Å². The highest BCUT2D eigenvalue weighted by Gasteiger charge is 2.35. The number of methoxy groups -OCH3 is 2. The molecule has 1 aromatic rings. The minimum absolute atomic E-state index is 0.398. The molecule has 2 aliphatic heterocycles. The van der Waals surface area contributed by atoms with Crippen molar-refractivity contribution in [2.45, 2.75) is 18.9 Å². The van der Waals surface area contributed by atoms with Gasteiger partial charge in [-0.1, -0.05) is 0 Å². The van der Waals surface area contributed by atoms with Gasteiger partial charge in [0.25, 0.3) is 0 Å². The zero-order valence-electron chi connectivity index (χ0n) is 11.6. The summed E-state index contributed by atoms with van der Waals surface area (Å²) >= 11 is 0. The van der Waals surface area contributed by atoms with Crippen LogP contribution in [-0.2, 0) is 0 Å². The van der Waals surface area contributed by atoms with E-state index >= 15 is 0 Å². The Kier molecular flexibility index (Phi) is 2.97. The van der Waals surface area contributed by atoms with Crippen LogP contribution in [0.2, 0.25) is 0 Å². The van der Waals surface area contributed by atoms with Crippen LogP contribution in [0.3, 0.4) is 0 Å². The summed E-state index contributed by atoms with van der Waals surface area (Å²) in [4.78, 5) is 6.67. The van der Waals surface area contributed by atoms with E-state index in [1.165, 1.54) is 12.0 Å². The van der Waals surface area contributed by atoms with Crippen molar-refractivity contribution in [3.8, 4) is 11.5 Å². The van der Waals surface area contributed by atoms with Crippen molar-refractivity contribution < 1.29 is 9.47 Å². The molecule has 0 radical (unpaired) electrons. The Morgan fingerprint density at radius 1 is 1.26 bits per heavy atom. The minimum Gasteiger partial charge on any atom is -0.493 e. The van der Waals surface area contributed by atoms with Crippen LogP contribution in [-0.4, -0.2) is 38.7 Å². The van der Waals surface area contributed by atoms with Crippen molar-refractivity contribution in [3.63, 3.8) is 0 Å². The number of hydrogen-bond donors (Lipinski definition) is 1. The van der Waals surface area contributed by atoms with Gasteiger partial charge in [-0.25, -0.2) is 0 Å². The maximum Gasteiger partial charge on any atom is 0.198 e. The lowest BCUT2D eigenvalue weighted by molar-refractivity contribution is 0.350. The molecular formula is C14H19N3O2. The van der Waals surface area contributed by atoms with E-state index < -0.39 is 0 Å². The van der Waals surface area contributed by atoms with Gasteiger partial charge in [0, 0.05) is 25.2 Å². The van der Waals surface area contributed by atoms with Crippen molar-refractivity contribution in [1.82, 2.24) is 4.90 Å². The molecule has 0 saturated carbocycles. The predicted octanol–water partition coefficient (Wildman–Crippen LogP) is 2.25. The Morgan fingerprint density at radius 2 is 2.00 bits per heavy atom. The van der Waals surface area contributed by atoms with Crippen molar-refractivity contribution in [1.29, 1.82) is 0 Å². The SMILES string of the molecule is CN=C1Nc2cc(OC)c(OC)cc2C2CCCN12. The summed E-state index contributed by atoms with van der Waals surface area (Å²) in [6.07, 6.45) is 2.35. The molecule has 1 unspecified atom stereocenters. The first-order valence-corrected chi connectivity index (χ1v) is 6.55. The molecule has 1 atom stereocenters. The average Bonchev–Trinajstić information content (AvgIpc) is 2.94. The maximum absolute atomic E-state index is 5.40. The van der Waals surface area contributed by atoms with E-state index in [0.29, 0.717) is 6.04 Å². The highest BCUT2D eigenvalue weighted by atomic mass is 16.5. The first-order chi connectivity index (χ1) is 9.28. The standard InChI is InChI=1S/C14H19N3O2/c1-15-14-16-10-8-13(19-3)12(18-2)7-9(10)11-5-4-6-17(11)14/h7-8,11H,4-6H2,1-3H3,(H,15,16). The molecule has 1 N–H and O–H groups in total. The first-order valence-electron chi connectivity index (χ1n) is 6.55. The van der Waals surface area contributed by atoms with E-state index in [-0.39, 0.29) is 0 Å². The van der Waals surface area contributed by atoms with Gasteiger partial charge in [0.2, 0.25) is 0 Å². The lowest BCUT2D eigenvalue weighted by atomic mass is 9.99. The molecule has 2 aliphatic rings. The second kappa shape index (κ2) is 4.64. The average molecular weight is 261 g/mol. The molecule has 2 heterocycles. The minimum atomic E-state index is 0.398. The number of fused-ring (bicyclic) bond motifs is 3. The molecule has 1 aromatic carbocycles. The number of nitrogens with zero attached hydrogens (tertiary/aromatic N) is 2. The van der Waals surface area contributed by atoms with Gasteiger partial charge < -0.3 is 19.7 Å². The largest absolute Gasteiger partial charge is 0.493 e. The molecule has 0 bridgehead atoms. The van der Waals surface area contributed by atoms with Crippen molar-refractivity contribution in [2.24, 2.45) is 4.99 Å². The smallest absolute Gasteiger partial charge is 0.198 e. The van der Waals surface area contributed by atoms with Gasteiger partial charge in [-0.05, 0) is 18.9 Å². The first kappa shape index (κ1) is 12.1. The van der Waals surface area contributed by atoms with Gasteiger partial charge in [-0.3, -0.25) is 4.99 Å². The third-order valence-corrected chi connectivity index (χ3v) is 3.90. The summed E-state index contributed by atoms with van der Waals surface area (Å²) in [6.45, 7) is 1.05. The van der Waals surface area contributed by atoms with Gasteiger partial charge in [0.1, 0.15) is 0 Å². The van der Waals surface area contributed by atoms with Crippen molar-refractivity contribution in [2.75, 3.05) is 33.1 Å². The lowest BCUT2D eigenvalue weighted by Gasteiger charge is -2.35. The highest BCUT2D eigenvalue weighted by molar-refractivity contribution is 5.97. The summed E-state index contributed by atoms with van der Waals surface area (Å²) in [7, 11) is 5.15. The molecule has 102 valence electrons. The zero-order chi connectivity index (χ0) is 13.4. The Hall–Kier alpha value is -1.91. The number of aliphatic imine (C=N–C) groups is 1. The predicted molar refractivity (Wildman–Crippen MR) is 75.2 cm³/mol. The van der Waals surface area contributed by atoms with Crippen LogP contribution in [0.15, 0.2) is 17.1 Å². The Bertz CT molecular complexity index is 528. The molecule has 0 amide bonds. The van der Waals surface area contributed by atoms with E-state index in [0.717, 1.165) is 36.1 Å². The summed E-state index contributed by atoms with van der Waals surface area (Å²) in [5.41, 5.74) is 2.34. The highest BCUT2D eigenvalue weighted by Crippen LogP contribution is 2.44. The normalized spacial score (nSPS) is 22.8. The lowest BCUT2D eigenvalue weighted by Crippen LogP contribution is -2.40. The number of ether oxygens (including phenoxy) is 2. The summed E-state index contributed by atoms with van der Waals surface area (Å²) < 4.78 is 10.8. The molecule has 1 fully saturated rings. The Morgan fingerprint density at radius 3 is 2.68 bits per heavy atom. The summed E-state index contributed by atoms with van der Waals surface area (Å²) in [5.74, 6) is 2.48. The number of nitrogens with one attached hydrogen (secondary N) is 1. The Labute approximate surface area is 113 Å². The second-order valence-electron chi connectivity index (χ2n) is 4.82. The van der Waals surface area contributed by atoms with Crippen LogP contribution < -0.4 is 14.8 Å². The second-order valence-corrected chi connectivity index (χ2v) is 4.82. The fraction of sp³-hybridized carbons (Fsp3) is 0.500. The number of rotatable bonds is 2. The molecule has 5 nitrogen and oxygen atoms in total. The molecule has 5 heteroatoms. The molecule has 0 aromatic heterocycles. The fourth-order valence-electron chi connectivity index (χ4n) is 3.00. The van der Waals surface area contributed by atoms with E-state index in [4.69, 9.17) is 9.47 Å². The Balaban J connectivity index is 2.11. The molecule has 3 rings (SSSR count). The van der Waals surface area contributed by atoms with Crippen LogP contribution in [0, 0.1) is 0 Å². The van der Waals surface area contributed by atoms with Gasteiger partial charge in [-0.15, -0.1) is 0 Å². The molecule has 1 saturated heterocycles. The molecule has 0 aliphatic carbocycles. The van der Waals surface area contributed by atoms with Crippen LogP contribution in [0.1, 0.15) is 24.4 Å². The van der Waals surface area contributed by atoms with Crippen LogP contribution in [0.4, 0.5) is 5.69 Å². The van der Waals surface area contributed by atoms with E-state index in [1.54, 1.807) is 14.2 Å². The zero-order valence-corrected chi connectivity index (χ0v) is 11.6. The monoisotopic (exact) mass is 261 g/mol. The molecule has 0 spiro atoms. The van der Waals surface area contributed by atoms with Crippen LogP contribution >= 0.6 is 0 Å². The number of hydrogen-bond acceptors (Lipinski definition) is 3. The van der Waals surface area contributed by atoms with Gasteiger partial charge in [0.15, 0.2) is 17.5 Å². The maximum atomic E-state index is 5.40. The fourth-order valence-corrected chi connectivity index (χ4v) is 3.00. The summed E-state index contributed by atoms with van der Waals surface area (Å²) in [6, 6.07) is 4.47. The van der Waals surface area contributed by atoms with E-state index in [2.05, 4.69) is 21.3 Å². The van der Waals surface area contributed by atoms with E-state index in [1.807, 2.05) is 13.1 Å². The third kappa shape index (κ3) is 1.80. The van der Waals surface area contributed by atoms with Crippen molar-refractivity contribution in [3.05, 3.63) is 17.7 Å². The summed E-state index contributed by atoms with van der Waals surface area (Å²) in [5, 5.41) is 3.38. The van der Waals surface area contributed by atoms with Crippen LogP contribution in [0.25, 0.3) is 0 Å². The third-order valence-electron chi connectivity index (χ3n) is 3.90. The number of guanidine groups is 1. The number of anilines is 1. The van der Waals surface area contributed by atoms with Gasteiger partial charge >= 0.3 is 0 Å². The van der Waals surface area contributed by atoms with E-state index in [9.17, 15) is 0 Å². The van der Waals surface area contributed by atoms with Gasteiger partial charge in [-0.2, -0.15) is 0 Å². The number of benzene rings is 1.